The number of para-hydroxylation sites is 2. The summed E-state index contributed by atoms with van der Waals surface area (Å²) in [5, 5.41) is 0. The highest BCUT2D eigenvalue weighted by molar-refractivity contribution is 5.97. The fourth-order valence-electron chi connectivity index (χ4n) is 5.89. The monoisotopic (exact) mass is 537 g/mol. The number of ether oxygens (including phenoxy) is 4. The number of fused-ring (bicyclic) bond motifs is 2. The van der Waals surface area contributed by atoms with Crippen LogP contribution in [0, 0.1) is 0 Å². The van der Waals surface area contributed by atoms with Crippen molar-refractivity contribution < 1.29 is 23.7 Å². The largest absolute Gasteiger partial charge is 0.491 e. The highest BCUT2D eigenvalue weighted by Crippen LogP contribution is 2.34. The second kappa shape index (κ2) is 14.0. The Morgan fingerprint density at radius 2 is 1.77 bits per heavy atom. The minimum absolute atomic E-state index is 0.00683. The van der Waals surface area contributed by atoms with Gasteiger partial charge in [-0.05, 0) is 70.4 Å². The molecule has 0 aromatic heterocycles. The molecule has 0 aliphatic carbocycles. The highest BCUT2D eigenvalue weighted by Gasteiger charge is 2.30. The standard InChI is InChI=1S/C31H43N3O5/c1-2-37-29-13-7-9-25-23-33-16-8-10-26(33)24-34(18-19-36-21-22-39-30(25)29)31(35)27-11-3-4-12-28(27)38-20-17-32-14-5-6-15-32/h3-4,7,9,11-13,26H,2,5-6,8,10,14-24H2,1H3/t26-/m0/s1. The predicted molar refractivity (Wildman–Crippen MR) is 151 cm³/mol. The minimum Gasteiger partial charge on any atom is -0.491 e. The topological polar surface area (TPSA) is 63.7 Å². The lowest BCUT2D eigenvalue weighted by molar-refractivity contribution is 0.0535. The Balaban J connectivity index is 1.31. The van der Waals surface area contributed by atoms with E-state index in [0.29, 0.717) is 57.4 Å². The van der Waals surface area contributed by atoms with Gasteiger partial charge >= 0.3 is 0 Å². The molecule has 0 N–H and O–H groups in total. The van der Waals surface area contributed by atoms with E-state index in [1.165, 1.54) is 12.8 Å². The van der Waals surface area contributed by atoms with Crippen LogP contribution in [0.2, 0.25) is 0 Å². The lowest BCUT2D eigenvalue weighted by Crippen LogP contribution is -2.44. The predicted octanol–water partition coefficient (Wildman–Crippen LogP) is 4.08. The summed E-state index contributed by atoms with van der Waals surface area (Å²) in [5.41, 5.74) is 1.74. The van der Waals surface area contributed by atoms with Crippen molar-refractivity contribution >= 4 is 5.91 Å². The number of hydrogen-bond donors (Lipinski definition) is 0. The molecule has 3 aliphatic heterocycles. The molecule has 0 saturated carbocycles. The molecule has 8 heteroatoms. The number of nitrogens with zero attached hydrogens (tertiary/aromatic N) is 3. The summed E-state index contributed by atoms with van der Waals surface area (Å²) < 4.78 is 24.2. The molecule has 0 bridgehead atoms. The quantitative estimate of drug-likeness (QED) is 0.528. The van der Waals surface area contributed by atoms with Crippen molar-refractivity contribution in [2.24, 2.45) is 0 Å². The van der Waals surface area contributed by atoms with Gasteiger partial charge in [-0.1, -0.05) is 24.3 Å². The number of amides is 1. The molecule has 0 radical (unpaired) electrons. The Bertz CT molecular complexity index is 1070. The van der Waals surface area contributed by atoms with Gasteiger partial charge < -0.3 is 23.8 Å². The summed E-state index contributed by atoms with van der Waals surface area (Å²) in [5.74, 6) is 2.26. The molecular formula is C31H43N3O5. The Morgan fingerprint density at radius 1 is 0.923 bits per heavy atom. The van der Waals surface area contributed by atoms with Gasteiger partial charge in [0.2, 0.25) is 0 Å². The smallest absolute Gasteiger partial charge is 0.257 e. The van der Waals surface area contributed by atoms with Gasteiger partial charge in [-0.15, -0.1) is 0 Å². The Hall–Kier alpha value is -2.81. The van der Waals surface area contributed by atoms with Crippen LogP contribution in [0.25, 0.3) is 0 Å². The van der Waals surface area contributed by atoms with Crippen molar-refractivity contribution in [2.45, 2.75) is 45.2 Å². The van der Waals surface area contributed by atoms with Gasteiger partial charge in [0.05, 0.1) is 25.4 Å². The highest BCUT2D eigenvalue weighted by atomic mass is 16.5. The molecule has 3 aliphatic rings. The maximum absolute atomic E-state index is 13.9. The van der Waals surface area contributed by atoms with E-state index in [4.69, 9.17) is 18.9 Å². The molecule has 2 aromatic rings. The Morgan fingerprint density at radius 3 is 2.64 bits per heavy atom. The third-order valence-electron chi connectivity index (χ3n) is 7.91. The fourth-order valence-corrected chi connectivity index (χ4v) is 5.89. The summed E-state index contributed by atoms with van der Waals surface area (Å²) in [7, 11) is 0. The van der Waals surface area contributed by atoms with E-state index in [2.05, 4.69) is 15.9 Å². The third-order valence-corrected chi connectivity index (χ3v) is 7.91. The van der Waals surface area contributed by atoms with Gasteiger partial charge in [0.25, 0.3) is 5.91 Å². The lowest BCUT2D eigenvalue weighted by atomic mass is 10.1. The van der Waals surface area contributed by atoms with E-state index in [9.17, 15) is 4.79 Å². The molecule has 2 fully saturated rings. The maximum Gasteiger partial charge on any atom is 0.257 e. The summed E-state index contributed by atoms with van der Waals surface area (Å²) in [6.07, 6.45) is 4.69. The van der Waals surface area contributed by atoms with Crippen LogP contribution in [0.3, 0.4) is 0 Å². The van der Waals surface area contributed by atoms with Crippen LogP contribution in [-0.2, 0) is 11.3 Å². The zero-order valence-corrected chi connectivity index (χ0v) is 23.3. The minimum atomic E-state index is 0.00683. The van der Waals surface area contributed by atoms with Crippen LogP contribution in [0.5, 0.6) is 17.2 Å². The van der Waals surface area contributed by atoms with Crippen LogP contribution >= 0.6 is 0 Å². The number of hydrogen-bond acceptors (Lipinski definition) is 7. The first kappa shape index (κ1) is 27.7. The number of rotatable bonds is 7. The van der Waals surface area contributed by atoms with Crippen molar-refractivity contribution in [1.29, 1.82) is 0 Å². The Kier molecular flexibility index (Phi) is 9.97. The van der Waals surface area contributed by atoms with Crippen molar-refractivity contribution in [3.05, 3.63) is 53.6 Å². The molecular weight excluding hydrogens is 494 g/mol. The molecule has 3 heterocycles. The lowest BCUT2D eigenvalue weighted by Gasteiger charge is -2.31. The summed E-state index contributed by atoms with van der Waals surface area (Å²) in [4.78, 5) is 20.8. The van der Waals surface area contributed by atoms with Crippen molar-refractivity contribution in [1.82, 2.24) is 14.7 Å². The van der Waals surface area contributed by atoms with Crippen LogP contribution in [-0.4, -0.2) is 99.0 Å². The van der Waals surface area contributed by atoms with Gasteiger partial charge in [-0.25, -0.2) is 0 Å². The van der Waals surface area contributed by atoms with Crippen LogP contribution < -0.4 is 14.2 Å². The third kappa shape index (κ3) is 7.24. The second-order valence-corrected chi connectivity index (χ2v) is 10.5. The van der Waals surface area contributed by atoms with E-state index in [0.717, 1.165) is 62.6 Å². The van der Waals surface area contributed by atoms with E-state index < -0.39 is 0 Å². The van der Waals surface area contributed by atoms with Crippen molar-refractivity contribution in [3.8, 4) is 17.2 Å². The molecule has 5 rings (SSSR count). The average Bonchev–Trinajstić information content (AvgIpc) is 3.63. The van der Waals surface area contributed by atoms with E-state index >= 15 is 0 Å². The van der Waals surface area contributed by atoms with Gasteiger partial charge in [0.1, 0.15) is 19.0 Å². The van der Waals surface area contributed by atoms with Crippen molar-refractivity contribution in [3.63, 3.8) is 0 Å². The van der Waals surface area contributed by atoms with Gasteiger partial charge in [0, 0.05) is 37.8 Å². The summed E-state index contributed by atoms with van der Waals surface area (Å²) in [6, 6.07) is 14.0. The first-order valence-electron chi connectivity index (χ1n) is 14.7. The first-order valence-corrected chi connectivity index (χ1v) is 14.7. The molecule has 212 valence electrons. The first-order chi connectivity index (χ1) is 19.2. The molecule has 0 spiro atoms. The normalized spacial score (nSPS) is 21.2. The van der Waals surface area contributed by atoms with E-state index in [1.54, 1.807) is 0 Å². The van der Waals surface area contributed by atoms with Crippen molar-refractivity contribution in [2.75, 3.05) is 72.3 Å². The van der Waals surface area contributed by atoms with Crippen LogP contribution in [0.15, 0.2) is 42.5 Å². The van der Waals surface area contributed by atoms with Gasteiger partial charge in [0.15, 0.2) is 11.5 Å². The zero-order valence-electron chi connectivity index (χ0n) is 23.3. The molecule has 1 atom stereocenters. The summed E-state index contributed by atoms with van der Waals surface area (Å²) >= 11 is 0. The fraction of sp³-hybridized carbons (Fsp3) is 0.581. The maximum atomic E-state index is 13.9. The molecule has 8 nitrogen and oxygen atoms in total. The summed E-state index contributed by atoms with van der Waals surface area (Å²) in [6.45, 7) is 10.6. The average molecular weight is 538 g/mol. The molecule has 0 unspecified atom stereocenters. The second-order valence-electron chi connectivity index (χ2n) is 10.5. The van der Waals surface area contributed by atoms with Crippen LogP contribution in [0.4, 0.5) is 0 Å². The van der Waals surface area contributed by atoms with Crippen LogP contribution in [0.1, 0.15) is 48.5 Å². The SMILES string of the molecule is CCOc1cccc2c1OCCOCCN(C(=O)c1ccccc1OCCN1CCCC1)C[C@@H]1CCCN1C2. The van der Waals surface area contributed by atoms with Gasteiger partial charge in [-0.2, -0.15) is 0 Å². The molecule has 2 saturated heterocycles. The number of carbonyl (C=O) groups excluding carboxylic acids is 1. The molecule has 1 amide bonds. The number of likely N-dealkylation sites (tertiary alicyclic amines) is 1. The van der Waals surface area contributed by atoms with E-state index in [1.807, 2.05) is 48.2 Å². The number of carbonyl (C=O) groups is 1. The van der Waals surface area contributed by atoms with E-state index in [-0.39, 0.29) is 11.9 Å². The van der Waals surface area contributed by atoms with Gasteiger partial charge in [-0.3, -0.25) is 14.6 Å². The zero-order chi connectivity index (χ0) is 26.9. The number of benzene rings is 2. The molecule has 39 heavy (non-hydrogen) atoms. The molecule has 2 aromatic carbocycles. The Labute approximate surface area is 232 Å².